The normalized spacial score (nSPS) is 16.4. The van der Waals surface area contributed by atoms with Crippen LogP contribution in [-0.2, 0) is 4.79 Å². The van der Waals surface area contributed by atoms with Crippen LogP contribution < -0.4 is 4.90 Å². The molecule has 1 amide bonds. The third kappa shape index (κ3) is 3.97. The van der Waals surface area contributed by atoms with Crippen molar-refractivity contribution < 1.29 is 9.90 Å². The number of carbonyl (C=O) groups is 1. The summed E-state index contributed by atoms with van der Waals surface area (Å²) in [7, 11) is 0. The van der Waals surface area contributed by atoms with Gasteiger partial charge in [0.25, 0.3) is 0 Å². The van der Waals surface area contributed by atoms with E-state index in [2.05, 4.69) is 43.9 Å². The molecule has 1 aromatic rings. The SMILES string of the molecule is CCN(CC(O)CN1CCCC1=O)c1cc(C)ccc1C. The second kappa shape index (κ2) is 6.94. The maximum Gasteiger partial charge on any atom is 0.222 e. The molecule has 1 heterocycles. The Morgan fingerprint density at radius 2 is 2.14 bits per heavy atom. The molecule has 4 heteroatoms. The van der Waals surface area contributed by atoms with E-state index >= 15 is 0 Å². The highest BCUT2D eigenvalue weighted by atomic mass is 16.3. The van der Waals surface area contributed by atoms with E-state index < -0.39 is 6.10 Å². The fraction of sp³-hybridized carbons (Fsp3) is 0.588. The van der Waals surface area contributed by atoms with Gasteiger partial charge in [0.2, 0.25) is 5.91 Å². The quantitative estimate of drug-likeness (QED) is 0.872. The van der Waals surface area contributed by atoms with Crippen LogP contribution in [0.3, 0.4) is 0 Å². The van der Waals surface area contributed by atoms with Crippen LogP contribution in [-0.4, -0.2) is 48.2 Å². The van der Waals surface area contributed by atoms with Crippen molar-refractivity contribution in [1.82, 2.24) is 4.90 Å². The van der Waals surface area contributed by atoms with Gasteiger partial charge in [0.05, 0.1) is 6.10 Å². The standard InChI is InChI=1S/C17H26N2O2/c1-4-18(16-10-13(2)7-8-14(16)3)11-15(20)12-19-9-5-6-17(19)21/h7-8,10,15,20H,4-6,9,11-12H2,1-3H3. The lowest BCUT2D eigenvalue weighted by atomic mass is 10.1. The molecule has 0 spiro atoms. The van der Waals surface area contributed by atoms with Crippen LogP contribution in [0.1, 0.15) is 30.9 Å². The van der Waals surface area contributed by atoms with Gasteiger partial charge in [-0.15, -0.1) is 0 Å². The number of likely N-dealkylation sites (N-methyl/N-ethyl adjacent to an activating group) is 1. The molecular weight excluding hydrogens is 264 g/mol. The highest BCUT2D eigenvalue weighted by Crippen LogP contribution is 2.22. The summed E-state index contributed by atoms with van der Waals surface area (Å²) in [6, 6.07) is 6.38. The molecule has 0 aromatic heterocycles. The molecule has 0 bridgehead atoms. The molecule has 0 saturated carbocycles. The highest BCUT2D eigenvalue weighted by Gasteiger charge is 2.23. The molecule has 1 aliphatic rings. The van der Waals surface area contributed by atoms with Gasteiger partial charge in [0.1, 0.15) is 0 Å². The van der Waals surface area contributed by atoms with Crippen molar-refractivity contribution in [3.05, 3.63) is 29.3 Å². The summed E-state index contributed by atoms with van der Waals surface area (Å²) in [5.74, 6) is 0.170. The molecule has 4 nitrogen and oxygen atoms in total. The lowest BCUT2D eigenvalue weighted by molar-refractivity contribution is -0.128. The molecule has 1 aromatic carbocycles. The summed E-state index contributed by atoms with van der Waals surface area (Å²) in [6.07, 6.45) is 1.04. The van der Waals surface area contributed by atoms with Gasteiger partial charge in [0, 0.05) is 38.3 Å². The van der Waals surface area contributed by atoms with Crippen molar-refractivity contribution >= 4 is 11.6 Å². The van der Waals surface area contributed by atoms with Crippen molar-refractivity contribution in [1.29, 1.82) is 0 Å². The molecule has 0 radical (unpaired) electrons. The molecule has 1 N–H and O–H groups in total. The third-order valence-electron chi connectivity index (χ3n) is 4.12. The lowest BCUT2D eigenvalue weighted by Crippen LogP contribution is -2.41. The smallest absolute Gasteiger partial charge is 0.222 e. The molecule has 1 aliphatic heterocycles. The van der Waals surface area contributed by atoms with Crippen LogP contribution in [0.4, 0.5) is 5.69 Å². The zero-order chi connectivity index (χ0) is 15.4. The zero-order valence-electron chi connectivity index (χ0n) is 13.3. The number of hydrogen-bond acceptors (Lipinski definition) is 3. The van der Waals surface area contributed by atoms with Crippen molar-refractivity contribution in [3.63, 3.8) is 0 Å². The van der Waals surface area contributed by atoms with Crippen molar-refractivity contribution in [2.75, 3.05) is 31.1 Å². The summed E-state index contributed by atoms with van der Waals surface area (Å²) in [5, 5.41) is 10.3. The average Bonchev–Trinajstić information content (AvgIpc) is 2.84. The first-order valence-electron chi connectivity index (χ1n) is 7.79. The van der Waals surface area contributed by atoms with Gasteiger partial charge in [0.15, 0.2) is 0 Å². The maximum absolute atomic E-state index is 11.6. The number of anilines is 1. The maximum atomic E-state index is 11.6. The van der Waals surface area contributed by atoms with Crippen molar-refractivity contribution in [2.45, 2.75) is 39.7 Å². The number of hydrogen-bond donors (Lipinski definition) is 1. The predicted molar refractivity (Wildman–Crippen MR) is 85.6 cm³/mol. The van der Waals surface area contributed by atoms with Crippen LogP contribution >= 0.6 is 0 Å². The van der Waals surface area contributed by atoms with Crippen LogP contribution in [0, 0.1) is 13.8 Å². The highest BCUT2D eigenvalue weighted by molar-refractivity contribution is 5.78. The number of rotatable bonds is 6. The van der Waals surface area contributed by atoms with E-state index in [1.807, 2.05) is 0 Å². The summed E-state index contributed by atoms with van der Waals surface area (Å²) in [6.45, 7) is 8.89. The average molecular weight is 290 g/mol. The molecule has 2 rings (SSSR count). The number of carbonyl (C=O) groups excluding carboxylic acids is 1. The number of aryl methyl sites for hydroxylation is 2. The van der Waals surface area contributed by atoms with Crippen LogP contribution in [0.2, 0.25) is 0 Å². The topological polar surface area (TPSA) is 43.8 Å². The van der Waals surface area contributed by atoms with E-state index in [4.69, 9.17) is 0 Å². The van der Waals surface area contributed by atoms with Gasteiger partial charge in [-0.2, -0.15) is 0 Å². The first-order chi connectivity index (χ1) is 10.0. The van der Waals surface area contributed by atoms with Crippen molar-refractivity contribution in [2.24, 2.45) is 0 Å². The lowest BCUT2D eigenvalue weighted by Gasteiger charge is -2.29. The first-order valence-corrected chi connectivity index (χ1v) is 7.79. The van der Waals surface area contributed by atoms with E-state index in [1.54, 1.807) is 4.90 Å². The Morgan fingerprint density at radius 1 is 1.38 bits per heavy atom. The van der Waals surface area contributed by atoms with Crippen LogP contribution in [0.5, 0.6) is 0 Å². The van der Waals surface area contributed by atoms with E-state index in [-0.39, 0.29) is 5.91 Å². The number of aliphatic hydroxyl groups is 1. The molecule has 1 atom stereocenters. The second-order valence-corrected chi connectivity index (χ2v) is 5.93. The van der Waals surface area contributed by atoms with E-state index in [1.165, 1.54) is 16.8 Å². The predicted octanol–water partition coefficient (Wildman–Crippen LogP) is 2.11. The minimum Gasteiger partial charge on any atom is -0.389 e. The molecule has 1 unspecified atom stereocenters. The fourth-order valence-corrected chi connectivity index (χ4v) is 2.92. The number of benzene rings is 1. The largest absolute Gasteiger partial charge is 0.389 e. The summed E-state index contributed by atoms with van der Waals surface area (Å²) in [4.78, 5) is 15.6. The molecule has 0 aliphatic carbocycles. The summed E-state index contributed by atoms with van der Waals surface area (Å²) >= 11 is 0. The molecule has 116 valence electrons. The Bertz CT molecular complexity index is 502. The third-order valence-corrected chi connectivity index (χ3v) is 4.12. The number of aliphatic hydroxyl groups excluding tert-OH is 1. The monoisotopic (exact) mass is 290 g/mol. The van der Waals surface area contributed by atoms with E-state index in [9.17, 15) is 9.90 Å². The Kier molecular flexibility index (Phi) is 5.23. The van der Waals surface area contributed by atoms with Gasteiger partial charge in [-0.3, -0.25) is 4.79 Å². The van der Waals surface area contributed by atoms with Gasteiger partial charge in [-0.05, 0) is 44.4 Å². The zero-order valence-corrected chi connectivity index (χ0v) is 13.3. The minimum absolute atomic E-state index is 0.170. The summed E-state index contributed by atoms with van der Waals surface area (Å²) < 4.78 is 0. The van der Waals surface area contributed by atoms with Gasteiger partial charge in [-0.1, -0.05) is 12.1 Å². The summed E-state index contributed by atoms with van der Waals surface area (Å²) in [5.41, 5.74) is 3.61. The molecule has 21 heavy (non-hydrogen) atoms. The van der Waals surface area contributed by atoms with Crippen LogP contribution in [0.25, 0.3) is 0 Å². The minimum atomic E-state index is -0.507. The molecular formula is C17H26N2O2. The Labute approximate surface area is 127 Å². The van der Waals surface area contributed by atoms with Gasteiger partial charge >= 0.3 is 0 Å². The Hall–Kier alpha value is -1.55. The number of nitrogens with zero attached hydrogens (tertiary/aromatic N) is 2. The number of likely N-dealkylation sites (tertiary alicyclic amines) is 1. The van der Waals surface area contributed by atoms with Gasteiger partial charge in [-0.25, -0.2) is 0 Å². The Morgan fingerprint density at radius 3 is 2.76 bits per heavy atom. The second-order valence-electron chi connectivity index (χ2n) is 5.93. The van der Waals surface area contributed by atoms with Crippen LogP contribution in [0.15, 0.2) is 18.2 Å². The molecule has 1 saturated heterocycles. The van der Waals surface area contributed by atoms with Crippen molar-refractivity contribution in [3.8, 4) is 0 Å². The van der Waals surface area contributed by atoms with E-state index in [0.717, 1.165) is 19.5 Å². The number of amides is 1. The number of β-amino-alcohol motifs (C(OH)–C–C–N with tert-alkyl or cyclic N) is 1. The molecule has 1 fully saturated rings. The van der Waals surface area contributed by atoms with E-state index in [0.29, 0.717) is 19.5 Å². The Balaban J connectivity index is 2.01. The van der Waals surface area contributed by atoms with Gasteiger partial charge < -0.3 is 14.9 Å². The fourth-order valence-electron chi connectivity index (χ4n) is 2.92. The first kappa shape index (κ1) is 15.8.